The topological polar surface area (TPSA) is 65.0 Å². The molecule has 54 heavy (non-hydrogen) atoms. The molecule has 3 aromatic heterocycles. The zero-order valence-corrected chi connectivity index (χ0v) is 28.9. The van der Waals surface area contributed by atoms with Gasteiger partial charge in [0.2, 0.25) is 0 Å². The van der Waals surface area contributed by atoms with Crippen LogP contribution in [0.4, 0.5) is 0 Å². The molecule has 0 aliphatic carbocycles. The van der Waals surface area contributed by atoms with Gasteiger partial charge in [0, 0.05) is 38.2 Å². The number of benzene rings is 8. The van der Waals surface area contributed by atoms with E-state index in [0.29, 0.717) is 17.5 Å². The summed E-state index contributed by atoms with van der Waals surface area (Å²) in [6.07, 6.45) is 0. The number of fused-ring (bicyclic) bond motifs is 8. The molecular formula is C49H29N3O2. The van der Waals surface area contributed by atoms with Crippen LogP contribution in [0, 0.1) is 0 Å². The molecule has 0 radical (unpaired) electrons. The molecule has 0 unspecified atom stereocenters. The molecule has 11 aromatic rings. The Balaban J connectivity index is 1.04. The molecule has 5 heteroatoms. The van der Waals surface area contributed by atoms with Gasteiger partial charge in [0.05, 0.1) is 0 Å². The zero-order valence-electron chi connectivity index (χ0n) is 28.9. The van der Waals surface area contributed by atoms with Gasteiger partial charge in [-0.25, -0.2) is 15.0 Å². The summed E-state index contributed by atoms with van der Waals surface area (Å²) in [4.78, 5) is 15.3. The van der Waals surface area contributed by atoms with Crippen LogP contribution in [0.3, 0.4) is 0 Å². The maximum atomic E-state index is 6.18. The molecule has 11 rings (SSSR count). The Morgan fingerprint density at radius 3 is 1.48 bits per heavy atom. The summed E-state index contributed by atoms with van der Waals surface area (Å²) < 4.78 is 12.4. The van der Waals surface area contributed by atoms with Gasteiger partial charge in [-0.3, -0.25) is 0 Å². The van der Waals surface area contributed by atoms with Crippen LogP contribution in [0.5, 0.6) is 0 Å². The molecule has 252 valence electrons. The molecule has 0 fully saturated rings. The van der Waals surface area contributed by atoms with Gasteiger partial charge in [-0.2, -0.15) is 0 Å². The summed E-state index contributed by atoms with van der Waals surface area (Å²) in [5.41, 5.74) is 10.8. The molecule has 0 atom stereocenters. The van der Waals surface area contributed by atoms with Gasteiger partial charge in [0.15, 0.2) is 17.5 Å². The minimum Gasteiger partial charge on any atom is -0.456 e. The Hall–Kier alpha value is -7.37. The molecule has 3 heterocycles. The third-order valence-electron chi connectivity index (χ3n) is 10.4. The van der Waals surface area contributed by atoms with E-state index in [0.717, 1.165) is 93.6 Å². The maximum Gasteiger partial charge on any atom is 0.164 e. The highest BCUT2D eigenvalue weighted by atomic mass is 16.3. The number of hydrogen-bond acceptors (Lipinski definition) is 5. The molecule has 0 saturated carbocycles. The summed E-state index contributed by atoms with van der Waals surface area (Å²) in [6, 6.07) is 60.5. The molecule has 8 aromatic carbocycles. The maximum absolute atomic E-state index is 6.18. The fraction of sp³-hybridized carbons (Fsp3) is 0. The first-order valence-corrected chi connectivity index (χ1v) is 18.0. The summed E-state index contributed by atoms with van der Waals surface area (Å²) >= 11 is 0. The highest BCUT2D eigenvalue weighted by Gasteiger charge is 2.17. The highest BCUT2D eigenvalue weighted by Crippen LogP contribution is 2.39. The van der Waals surface area contributed by atoms with Gasteiger partial charge >= 0.3 is 0 Å². The number of aromatic nitrogens is 3. The van der Waals surface area contributed by atoms with Crippen LogP contribution in [0.2, 0.25) is 0 Å². The number of furan rings is 2. The molecule has 0 aliphatic heterocycles. The first-order valence-electron chi connectivity index (χ1n) is 18.0. The van der Waals surface area contributed by atoms with Crippen LogP contribution in [0.1, 0.15) is 0 Å². The van der Waals surface area contributed by atoms with Gasteiger partial charge < -0.3 is 8.83 Å². The number of para-hydroxylation sites is 2. The fourth-order valence-corrected chi connectivity index (χ4v) is 7.71. The second-order valence-electron chi connectivity index (χ2n) is 13.6. The lowest BCUT2D eigenvalue weighted by Crippen LogP contribution is -2.00. The Bertz CT molecular complexity index is 3200. The molecular weight excluding hydrogens is 663 g/mol. The highest BCUT2D eigenvalue weighted by molar-refractivity contribution is 6.19. The first kappa shape index (κ1) is 30.3. The number of rotatable bonds is 5. The van der Waals surface area contributed by atoms with Crippen molar-refractivity contribution in [3.63, 3.8) is 0 Å². The number of hydrogen-bond donors (Lipinski definition) is 0. The summed E-state index contributed by atoms with van der Waals surface area (Å²) in [6.45, 7) is 0. The van der Waals surface area contributed by atoms with Crippen LogP contribution in [-0.4, -0.2) is 15.0 Å². The van der Waals surface area contributed by atoms with Gasteiger partial charge in [-0.15, -0.1) is 0 Å². The van der Waals surface area contributed by atoms with Crippen LogP contribution >= 0.6 is 0 Å². The van der Waals surface area contributed by atoms with Gasteiger partial charge in [-0.1, -0.05) is 146 Å². The predicted octanol–water partition coefficient (Wildman–Crippen LogP) is 13.2. The van der Waals surface area contributed by atoms with Gasteiger partial charge in [-0.05, 0) is 63.4 Å². The second kappa shape index (κ2) is 12.1. The van der Waals surface area contributed by atoms with Crippen molar-refractivity contribution < 1.29 is 8.83 Å². The molecule has 0 saturated heterocycles. The van der Waals surface area contributed by atoms with E-state index in [1.165, 1.54) is 0 Å². The van der Waals surface area contributed by atoms with Crippen molar-refractivity contribution in [1.29, 1.82) is 0 Å². The zero-order chi connectivity index (χ0) is 35.6. The van der Waals surface area contributed by atoms with Gasteiger partial charge in [0.1, 0.15) is 22.3 Å². The lowest BCUT2D eigenvalue weighted by Gasteiger charge is -2.11. The van der Waals surface area contributed by atoms with Crippen molar-refractivity contribution in [2.24, 2.45) is 0 Å². The van der Waals surface area contributed by atoms with E-state index < -0.39 is 0 Å². The molecule has 0 N–H and O–H groups in total. The van der Waals surface area contributed by atoms with E-state index in [1.54, 1.807) is 0 Å². The molecule has 0 spiro atoms. The largest absolute Gasteiger partial charge is 0.456 e. The average molecular weight is 692 g/mol. The Kier molecular flexibility index (Phi) is 6.79. The lowest BCUT2D eigenvalue weighted by atomic mass is 9.98. The molecule has 0 bridgehead atoms. The van der Waals surface area contributed by atoms with Crippen LogP contribution in [-0.2, 0) is 0 Å². The Labute approximate surface area is 309 Å². The summed E-state index contributed by atoms with van der Waals surface area (Å²) in [7, 11) is 0. The fourth-order valence-electron chi connectivity index (χ4n) is 7.71. The quantitative estimate of drug-likeness (QED) is 0.180. The van der Waals surface area contributed by atoms with Crippen molar-refractivity contribution in [3.8, 4) is 56.4 Å². The molecule has 5 nitrogen and oxygen atoms in total. The summed E-state index contributed by atoms with van der Waals surface area (Å²) in [5.74, 6) is 1.83. The van der Waals surface area contributed by atoms with Crippen LogP contribution in [0.15, 0.2) is 185 Å². The summed E-state index contributed by atoms with van der Waals surface area (Å²) in [5, 5.41) is 6.66. The normalized spacial score (nSPS) is 11.7. The van der Waals surface area contributed by atoms with E-state index in [4.69, 9.17) is 23.8 Å². The third-order valence-corrected chi connectivity index (χ3v) is 10.4. The third kappa shape index (κ3) is 4.98. The first-order chi connectivity index (χ1) is 26.7. The predicted molar refractivity (Wildman–Crippen MR) is 219 cm³/mol. The van der Waals surface area contributed by atoms with Crippen LogP contribution < -0.4 is 0 Å². The van der Waals surface area contributed by atoms with Crippen molar-refractivity contribution in [1.82, 2.24) is 15.0 Å². The van der Waals surface area contributed by atoms with Crippen molar-refractivity contribution in [3.05, 3.63) is 176 Å². The minimum absolute atomic E-state index is 0.608. The number of nitrogens with zero attached hydrogens (tertiary/aromatic N) is 3. The van der Waals surface area contributed by atoms with E-state index >= 15 is 0 Å². The van der Waals surface area contributed by atoms with Crippen LogP contribution in [0.25, 0.3) is 111 Å². The van der Waals surface area contributed by atoms with Crippen molar-refractivity contribution >= 4 is 54.6 Å². The molecule has 0 aliphatic rings. The lowest BCUT2D eigenvalue weighted by molar-refractivity contribution is 0.668. The van der Waals surface area contributed by atoms with Crippen molar-refractivity contribution in [2.75, 3.05) is 0 Å². The standard InChI is InChI=1S/C49H29N3O2/c1-2-9-30(10-3-1)31-17-21-33(22-18-31)47-50-48(34-23-19-32(20-24-34)37-13-8-16-43-45(37)39-11-4-6-14-41(39)53-43)52-49(51-47)36-25-27-38-35(29-36)26-28-44-46(38)40-12-5-7-15-42(40)54-44/h1-29H. The molecule has 0 amide bonds. The Morgan fingerprint density at radius 1 is 0.296 bits per heavy atom. The van der Waals surface area contributed by atoms with Gasteiger partial charge in [0.25, 0.3) is 0 Å². The average Bonchev–Trinajstić information content (AvgIpc) is 3.83. The second-order valence-corrected chi connectivity index (χ2v) is 13.6. The SMILES string of the molecule is c1ccc(-c2ccc(-c3nc(-c4ccc(-c5cccc6oc7ccccc7c56)cc4)nc(-c4ccc5c(ccc6oc7ccccc7c65)c4)n3)cc2)cc1. The van der Waals surface area contributed by atoms with E-state index in [1.807, 2.05) is 48.5 Å². The smallest absolute Gasteiger partial charge is 0.164 e. The van der Waals surface area contributed by atoms with Crippen molar-refractivity contribution in [2.45, 2.75) is 0 Å². The minimum atomic E-state index is 0.608. The van der Waals surface area contributed by atoms with E-state index in [9.17, 15) is 0 Å². The monoisotopic (exact) mass is 691 g/mol. The van der Waals surface area contributed by atoms with E-state index in [2.05, 4.69) is 127 Å². The van der Waals surface area contributed by atoms with E-state index in [-0.39, 0.29) is 0 Å². The Morgan fingerprint density at radius 2 is 0.796 bits per heavy atom.